The average Bonchev–Trinajstić information content (AvgIpc) is 2.27. The van der Waals surface area contributed by atoms with Crippen molar-refractivity contribution in [1.29, 1.82) is 0 Å². The molecule has 3 heteroatoms. The van der Waals surface area contributed by atoms with Gasteiger partial charge in [-0.1, -0.05) is 54.8 Å². The highest BCUT2D eigenvalue weighted by atomic mass is 79.9. The lowest BCUT2D eigenvalue weighted by molar-refractivity contribution is -0.121. The van der Waals surface area contributed by atoms with Gasteiger partial charge in [-0.15, -0.1) is 0 Å². The number of amides is 1. The van der Waals surface area contributed by atoms with E-state index in [9.17, 15) is 4.79 Å². The maximum atomic E-state index is 11.9. The number of carbonyl (C=O) groups is 1. The van der Waals surface area contributed by atoms with Crippen LogP contribution in [0.1, 0.15) is 45.6 Å². The molecule has 0 saturated carbocycles. The number of halogens is 1. The normalized spacial score (nSPS) is 12.5. The quantitative estimate of drug-likeness (QED) is 0.794. The van der Waals surface area contributed by atoms with Gasteiger partial charge in [0.15, 0.2) is 0 Å². The van der Waals surface area contributed by atoms with Gasteiger partial charge in [0, 0.05) is 10.5 Å². The Morgan fingerprint density at radius 2 is 2.00 bits per heavy atom. The van der Waals surface area contributed by atoms with Crippen molar-refractivity contribution < 1.29 is 4.79 Å². The molecule has 0 bridgehead atoms. The van der Waals surface area contributed by atoms with E-state index in [1.165, 1.54) is 12.8 Å². The molecule has 1 rings (SSSR count). The SMILES string of the molecule is CC(C)CCCC(C)NC(=O)Cc1cccc(Br)c1. The molecule has 0 aliphatic carbocycles. The Balaban J connectivity index is 2.30. The van der Waals surface area contributed by atoms with E-state index in [0.717, 1.165) is 22.4 Å². The minimum absolute atomic E-state index is 0.107. The molecule has 106 valence electrons. The number of rotatable bonds is 7. The summed E-state index contributed by atoms with van der Waals surface area (Å²) in [5.41, 5.74) is 1.04. The lowest BCUT2D eigenvalue weighted by Crippen LogP contribution is -2.33. The van der Waals surface area contributed by atoms with Gasteiger partial charge in [0.05, 0.1) is 6.42 Å². The molecule has 1 unspecified atom stereocenters. The van der Waals surface area contributed by atoms with Crippen molar-refractivity contribution >= 4 is 21.8 Å². The number of hydrogen-bond donors (Lipinski definition) is 1. The van der Waals surface area contributed by atoms with Gasteiger partial charge in [0.1, 0.15) is 0 Å². The van der Waals surface area contributed by atoms with Crippen LogP contribution < -0.4 is 5.32 Å². The van der Waals surface area contributed by atoms with E-state index in [0.29, 0.717) is 6.42 Å². The predicted molar refractivity (Wildman–Crippen MR) is 84.1 cm³/mol. The third-order valence-electron chi connectivity index (χ3n) is 3.08. The molecular formula is C16H24BrNO. The molecule has 1 atom stereocenters. The van der Waals surface area contributed by atoms with Crippen LogP contribution >= 0.6 is 15.9 Å². The first-order valence-corrected chi connectivity index (χ1v) is 7.80. The molecule has 0 saturated heterocycles. The Kier molecular flexibility index (Phi) is 7.14. The average molecular weight is 326 g/mol. The predicted octanol–water partition coefficient (Wildman–Crippen LogP) is 4.32. The van der Waals surface area contributed by atoms with Crippen LogP contribution in [-0.2, 0) is 11.2 Å². The molecule has 2 nitrogen and oxygen atoms in total. The van der Waals surface area contributed by atoms with Gasteiger partial charge < -0.3 is 5.32 Å². The lowest BCUT2D eigenvalue weighted by Gasteiger charge is -2.14. The Hall–Kier alpha value is -0.830. The van der Waals surface area contributed by atoms with Gasteiger partial charge >= 0.3 is 0 Å². The molecule has 0 spiro atoms. The van der Waals surface area contributed by atoms with Gasteiger partial charge in [-0.3, -0.25) is 4.79 Å². The van der Waals surface area contributed by atoms with E-state index in [-0.39, 0.29) is 11.9 Å². The van der Waals surface area contributed by atoms with Gasteiger partial charge in [-0.25, -0.2) is 0 Å². The molecule has 0 radical (unpaired) electrons. The van der Waals surface area contributed by atoms with Crippen LogP contribution in [0.4, 0.5) is 0 Å². The molecule has 0 fully saturated rings. The highest BCUT2D eigenvalue weighted by Gasteiger charge is 2.08. The summed E-state index contributed by atoms with van der Waals surface area (Å²) in [6.45, 7) is 6.55. The smallest absolute Gasteiger partial charge is 0.224 e. The zero-order valence-corrected chi connectivity index (χ0v) is 13.7. The second-order valence-electron chi connectivity index (χ2n) is 5.60. The highest BCUT2D eigenvalue weighted by molar-refractivity contribution is 9.10. The maximum absolute atomic E-state index is 11.9. The Morgan fingerprint density at radius 1 is 1.26 bits per heavy atom. The first kappa shape index (κ1) is 16.2. The van der Waals surface area contributed by atoms with Crippen molar-refractivity contribution in [2.45, 2.75) is 52.5 Å². The van der Waals surface area contributed by atoms with E-state index in [2.05, 4.69) is 42.0 Å². The van der Waals surface area contributed by atoms with Crippen molar-refractivity contribution in [2.24, 2.45) is 5.92 Å². The van der Waals surface area contributed by atoms with Crippen LogP contribution in [-0.4, -0.2) is 11.9 Å². The molecule has 1 amide bonds. The minimum atomic E-state index is 0.107. The summed E-state index contributed by atoms with van der Waals surface area (Å²) < 4.78 is 1.02. The van der Waals surface area contributed by atoms with Crippen molar-refractivity contribution in [2.75, 3.05) is 0 Å². The van der Waals surface area contributed by atoms with E-state index in [1.807, 2.05) is 24.3 Å². The largest absolute Gasteiger partial charge is 0.353 e. The fraction of sp³-hybridized carbons (Fsp3) is 0.562. The summed E-state index contributed by atoms with van der Waals surface area (Å²) in [6.07, 6.45) is 3.91. The van der Waals surface area contributed by atoms with E-state index >= 15 is 0 Å². The monoisotopic (exact) mass is 325 g/mol. The Bertz CT molecular complexity index is 403. The van der Waals surface area contributed by atoms with Gasteiger partial charge in [0.2, 0.25) is 5.91 Å². The van der Waals surface area contributed by atoms with Crippen LogP contribution in [0.15, 0.2) is 28.7 Å². The van der Waals surface area contributed by atoms with Crippen LogP contribution in [0.25, 0.3) is 0 Å². The van der Waals surface area contributed by atoms with Crippen molar-refractivity contribution in [3.05, 3.63) is 34.3 Å². The first-order chi connectivity index (χ1) is 8.97. The third-order valence-corrected chi connectivity index (χ3v) is 3.57. The lowest BCUT2D eigenvalue weighted by atomic mass is 10.0. The van der Waals surface area contributed by atoms with Crippen LogP contribution in [0.3, 0.4) is 0 Å². The summed E-state index contributed by atoms with van der Waals surface area (Å²) in [6, 6.07) is 8.16. The molecule has 1 aromatic carbocycles. The summed E-state index contributed by atoms with van der Waals surface area (Å²) in [4.78, 5) is 11.9. The fourth-order valence-corrected chi connectivity index (χ4v) is 2.51. The van der Waals surface area contributed by atoms with E-state index in [1.54, 1.807) is 0 Å². The minimum Gasteiger partial charge on any atom is -0.353 e. The van der Waals surface area contributed by atoms with Gasteiger partial charge in [-0.2, -0.15) is 0 Å². The number of hydrogen-bond acceptors (Lipinski definition) is 1. The van der Waals surface area contributed by atoms with Gasteiger partial charge in [-0.05, 0) is 37.0 Å². The standard InChI is InChI=1S/C16H24BrNO/c1-12(2)6-4-7-13(3)18-16(19)11-14-8-5-9-15(17)10-14/h5,8-10,12-13H,4,6-7,11H2,1-3H3,(H,18,19). The molecule has 1 N–H and O–H groups in total. The van der Waals surface area contributed by atoms with E-state index in [4.69, 9.17) is 0 Å². The van der Waals surface area contributed by atoms with Crippen LogP contribution in [0, 0.1) is 5.92 Å². The second kappa shape index (κ2) is 8.36. The van der Waals surface area contributed by atoms with Crippen molar-refractivity contribution in [3.63, 3.8) is 0 Å². The Labute approximate surface area is 125 Å². The summed E-state index contributed by atoms with van der Waals surface area (Å²) in [5, 5.41) is 3.07. The van der Waals surface area contributed by atoms with Gasteiger partial charge in [0.25, 0.3) is 0 Å². The molecule has 1 aromatic rings. The number of benzene rings is 1. The summed E-state index contributed by atoms with van der Waals surface area (Å²) >= 11 is 3.42. The third kappa shape index (κ3) is 7.36. The molecule has 0 aromatic heterocycles. The highest BCUT2D eigenvalue weighted by Crippen LogP contribution is 2.12. The fourth-order valence-electron chi connectivity index (χ4n) is 2.06. The van der Waals surface area contributed by atoms with Crippen molar-refractivity contribution in [1.82, 2.24) is 5.32 Å². The van der Waals surface area contributed by atoms with Crippen molar-refractivity contribution in [3.8, 4) is 0 Å². The molecule has 0 aliphatic rings. The zero-order valence-electron chi connectivity index (χ0n) is 12.1. The summed E-state index contributed by atoms with van der Waals surface area (Å²) in [7, 11) is 0. The number of carbonyl (C=O) groups excluding carboxylic acids is 1. The van der Waals surface area contributed by atoms with E-state index < -0.39 is 0 Å². The molecule has 0 aliphatic heterocycles. The van der Waals surface area contributed by atoms with Crippen LogP contribution in [0.5, 0.6) is 0 Å². The molecular weight excluding hydrogens is 302 g/mol. The topological polar surface area (TPSA) is 29.1 Å². The second-order valence-corrected chi connectivity index (χ2v) is 6.52. The maximum Gasteiger partial charge on any atom is 0.224 e. The van der Waals surface area contributed by atoms with Crippen LogP contribution in [0.2, 0.25) is 0 Å². The Morgan fingerprint density at radius 3 is 2.63 bits per heavy atom. The molecule has 19 heavy (non-hydrogen) atoms. The zero-order chi connectivity index (χ0) is 14.3. The summed E-state index contributed by atoms with van der Waals surface area (Å²) in [5.74, 6) is 0.847. The number of nitrogens with one attached hydrogen (secondary N) is 1. The molecule has 0 heterocycles. The first-order valence-electron chi connectivity index (χ1n) is 7.01.